The molecule has 2 aromatic rings. The Hall–Kier alpha value is -1.95. The SMILES string of the molecule is Cc1csc(C(Nc2ccc(F)cc2)C(N)=O)n1. The van der Waals surface area contributed by atoms with Gasteiger partial charge in [-0.3, -0.25) is 4.79 Å². The fourth-order valence-electron chi connectivity index (χ4n) is 1.47. The minimum atomic E-state index is -0.700. The summed E-state index contributed by atoms with van der Waals surface area (Å²) in [4.78, 5) is 15.7. The van der Waals surface area contributed by atoms with Crippen molar-refractivity contribution >= 4 is 22.9 Å². The highest BCUT2D eigenvalue weighted by molar-refractivity contribution is 7.09. The summed E-state index contributed by atoms with van der Waals surface area (Å²) >= 11 is 1.36. The first-order chi connectivity index (χ1) is 8.56. The van der Waals surface area contributed by atoms with E-state index >= 15 is 0 Å². The Bertz CT molecular complexity index is 553. The molecule has 0 aliphatic rings. The second kappa shape index (κ2) is 5.14. The first-order valence-corrected chi connectivity index (χ1v) is 6.17. The van der Waals surface area contributed by atoms with Gasteiger partial charge in [-0.1, -0.05) is 0 Å². The fourth-order valence-corrected chi connectivity index (χ4v) is 2.32. The molecule has 0 fully saturated rings. The third-order valence-corrected chi connectivity index (χ3v) is 3.35. The average Bonchev–Trinajstić information content (AvgIpc) is 2.74. The smallest absolute Gasteiger partial charge is 0.247 e. The van der Waals surface area contributed by atoms with Crippen LogP contribution in [0.15, 0.2) is 29.6 Å². The van der Waals surface area contributed by atoms with Crippen LogP contribution in [0.1, 0.15) is 16.7 Å². The standard InChI is InChI=1S/C12H12FN3OS/c1-7-6-18-12(15-7)10(11(14)17)16-9-4-2-8(13)3-5-9/h2-6,10,16H,1H3,(H2,14,17). The van der Waals surface area contributed by atoms with Gasteiger partial charge in [-0.15, -0.1) is 11.3 Å². The topological polar surface area (TPSA) is 68.0 Å². The third kappa shape index (κ3) is 2.84. The van der Waals surface area contributed by atoms with Crippen LogP contribution in [-0.2, 0) is 4.79 Å². The lowest BCUT2D eigenvalue weighted by Crippen LogP contribution is -2.27. The molecule has 94 valence electrons. The Labute approximate surface area is 108 Å². The first kappa shape index (κ1) is 12.5. The molecule has 18 heavy (non-hydrogen) atoms. The second-order valence-corrected chi connectivity index (χ2v) is 4.70. The maximum absolute atomic E-state index is 12.8. The highest BCUT2D eigenvalue weighted by Gasteiger charge is 2.20. The van der Waals surface area contributed by atoms with Crippen molar-refractivity contribution in [3.63, 3.8) is 0 Å². The van der Waals surface area contributed by atoms with E-state index in [0.29, 0.717) is 10.7 Å². The number of benzene rings is 1. The van der Waals surface area contributed by atoms with E-state index in [-0.39, 0.29) is 5.82 Å². The van der Waals surface area contributed by atoms with Crippen LogP contribution < -0.4 is 11.1 Å². The van der Waals surface area contributed by atoms with E-state index in [2.05, 4.69) is 10.3 Å². The van der Waals surface area contributed by atoms with Gasteiger partial charge in [0.2, 0.25) is 5.91 Å². The molecule has 1 amide bonds. The van der Waals surface area contributed by atoms with Crippen LogP contribution in [0.3, 0.4) is 0 Å². The molecule has 0 spiro atoms. The number of aromatic nitrogens is 1. The number of carbonyl (C=O) groups excluding carboxylic acids is 1. The maximum Gasteiger partial charge on any atom is 0.247 e. The summed E-state index contributed by atoms with van der Waals surface area (Å²) in [7, 11) is 0. The normalized spacial score (nSPS) is 12.1. The van der Waals surface area contributed by atoms with Crippen molar-refractivity contribution in [1.82, 2.24) is 4.98 Å². The number of amides is 1. The molecule has 0 aliphatic carbocycles. The van der Waals surface area contributed by atoms with Crippen molar-refractivity contribution < 1.29 is 9.18 Å². The molecule has 4 nitrogen and oxygen atoms in total. The average molecular weight is 265 g/mol. The lowest BCUT2D eigenvalue weighted by atomic mass is 10.2. The van der Waals surface area contributed by atoms with Gasteiger partial charge in [0.05, 0.1) is 0 Å². The lowest BCUT2D eigenvalue weighted by molar-refractivity contribution is -0.118. The molecule has 1 aromatic heterocycles. The van der Waals surface area contributed by atoms with Gasteiger partial charge in [0.1, 0.15) is 10.8 Å². The molecule has 0 radical (unpaired) electrons. The number of thiazole rings is 1. The predicted octanol–water partition coefficient (Wildman–Crippen LogP) is 2.23. The molecule has 1 unspecified atom stereocenters. The van der Waals surface area contributed by atoms with Crippen molar-refractivity contribution in [2.24, 2.45) is 5.73 Å². The zero-order valence-corrected chi connectivity index (χ0v) is 10.5. The number of rotatable bonds is 4. The number of anilines is 1. The van der Waals surface area contributed by atoms with Crippen LogP contribution in [0.5, 0.6) is 0 Å². The van der Waals surface area contributed by atoms with Gasteiger partial charge in [-0.2, -0.15) is 0 Å². The molecular weight excluding hydrogens is 253 g/mol. The molecule has 0 saturated heterocycles. The molecule has 1 aromatic carbocycles. The van der Waals surface area contributed by atoms with Crippen molar-refractivity contribution in [3.05, 3.63) is 46.2 Å². The van der Waals surface area contributed by atoms with E-state index in [4.69, 9.17) is 5.73 Å². The second-order valence-electron chi connectivity index (χ2n) is 3.81. The number of nitrogens with zero attached hydrogens (tertiary/aromatic N) is 1. The van der Waals surface area contributed by atoms with Gasteiger partial charge in [0.15, 0.2) is 6.04 Å². The van der Waals surface area contributed by atoms with Gasteiger partial charge in [0.25, 0.3) is 0 Å². The van der Waals surface area contributed by atoms with Crippen molar-refractivity contribution in [1.29, 1.82) is 0 Å². The first-order valence-electron chi connectivity index (χ1n) is 5.29. The Balaban J connectivity index is 2.22. The molecule has 6 heteroatoms. The van der Waals surface area contributed by atoms with Gasteiger partial charge < -0.3 is 11.1 Å². The molecule has 0 bridgehead atoms. The van der Waals surface area contributed by atoms with Crippen molar-refractivity contribution in [2.75, 3.05) is 5.32 Å². The maximum atomic E-state index is 12.8. The van der Waals surface area contributed by atoms with Crippen LogP contribution in [0.25, 0.3) is 0 Å². The van der Waals surface area contributed by atoms with E-state index in [1.807, 2.05) is 12.3 Å². The molecule has 2 rings (SSSR count). The molecule has 0 aliphatic heterocycles. The van der Waals surface area contributed by atoms with E-state index in [9.17, 15) is 9.18 Å². The number of aryl methyl sites for hydroxylation is 1. The van der Waals surface area contributed by atoms with Gasteiger partial charge in [-0.25, -0.2) is 9.37 Å². The molecule has 0 saturated carbocycles. The minimum absolute atomic E-state index is 0.332. The fraction of sp³-hybridized carbons (Fsp3) is 0.167. The van der Waals surface area contributed by atoms with Gasteiger partial charge in [-0.05, 0) is 31.2 Å². The summed E-state index contributed by atoms with van der Waals surface area (Å²) in [6, 6.07) is 5.02. The minimum Gasteiger partial charge on any atom is -0.368 e. The van der Waals surface area contributed by atoms with Crippen LogP contribution in [-0.4, -0.2) is 10.9 Å². The number of halogens is 1. The Morgan fingerprint density at radius 2 is 2.11 bits per heavy atom. The van der Waals surface area contributed by atoms with Crippen LogP contribution in [0.2, 0.25) is 0 Å². The summed E-state index contributed by atoms with van der Waals surface area (Å²) in [5.74, 6) is -0.852. The van der Waals surface area contributed by atoms with E-state index in [0.717, 1.165) is 5.69 Å². The number of nitrogens with two attached hydrogens (primary N) is 1. The van der Waals surface area contributed by atoms with E-state index in [1.165, 1.54) is 23.5 Å². The summed E-state index contributed by atoms with van der Waals surface area (Å²) in [6.07, 6.45) is 0. The number of carbonyl (C=O) groups is 1. The highest BCUT2D eigenvalue weighted by Crippen LogP contribution is 2.22. The summed E-state index contributed by atoms with van der Waals surface area (Å²) in [5, 5.41) is 5.39. The van der Waals surface area contributed by atoms with Crippen molar-refractivity contribution in [2.45, 2.75) is 13.0 Å². The van der Waals surface area contributed by atoms with E-state index in [1.54, 1.807) is 12.1 Å². The van der Waals surface area contributed by atoms with Crippen LogP contribution in [0, 0.1) is 12.7 Å². The monoisotopic (exact) mass is 265 g/mol. The number of primary amides is 1. The van der Waals surface area contributed by atoms with Gasteiger partial charge >= 0.3 is 0 Å². The number of hydrogen-bond acceptors (Lipinski definition) is 4. The van der Waals surface area contributed by atoms with E-state index < -0.39 is 11.9 Å². The van der Waals surface area contributed by atoms with Crippen LogP contribution >= 0.6 is 11.3 Å². The molecule has 1 heterocycles. The largest absolute Gasteiger partial charge is 0.368 e. The van der Waals surface area contributed by atoms with Crippen molar-refractivity contribution in [3.8, 4) is 0 Å². The zero-order chi connectivity index (χ0) is 13.1. The Kier molecular flexibility index (Phi) is 3.57. The Morgan fingerprint density at radius 3 is 2.61 bits per heavy atom. The molecular formula is C12H12FN3OS. The lowest BCUT2D eigenvalue weighted by Gasteiger charge is -2.14. The van der Waals surface area contributed by atoms with Crippen LogP contribution in [0.4, 0.5) is 10.1 Å². The summed E-state index contributed by atoms with van der Waals surface area (Å²) in [6.45, 7) is 1.84. The summed E-state index contributed by atoms with van der Waals surface area (Å²) in [5.41, 5.74) is 6.80. The highest BCUT2D eigenvalue weighted by atomic mass is 32.1. The zero-order valence-electron chi connectivity index (χ0n) is 9.68. The Morgan fingerprint density at radius 1 is 1.44 bits per heavy atom. The number of hydrogen-bond donors (Lipinski definition) is 2. The summed E-state index contributed by atoms with van der Waals surface area (Å²) < 4.78 is 12.8. The quantitative estimate of drug-likeness (QED) is 0.890. The predicted molar refractivity (Wildman–Crippen MR) is 68.8 cm³/mol. The third-order valence-electron chi connectivity index (χ3n) is 2.32. The van der Waals surface area contributed by atoms with Gasteiger partial charge in [0, 0.05) is 16.8 Å². The number of nitrogens with one attached hydrogen (secondary N) is 1. The molecule has 3 N–H and O–H groups in total. The molecule has 1 atom stereocenters.